The average Bonchev–Trinajstić information content (AvgIpc) is 3.09. The van der Waals surface area contributed by atoms with Crippen LogP contribution in [0.1, 0.15) is 12.8 Å². The van der Waals surface area contributed by atoms with Crippen molar-refractivity contribution in [3.8, 4) is 0 Å². The molecule has 2 aliphatic carbocycles. The summed E-state index contributed by atoms with van der Waals surface area (Å²) in [5.41, 5.74) is 0. The molecule has 1 heterocycles. The Balaban J connectivity index is 2.27. The molecule has 4 nitrogen and oxygen atoms in total. The van der Waals surface area contributed by atoms with Crippen molar-refractivity contribution in [2.45, 2.75) is 12.8 Å². The predicted molar refractivity (Wildman–Crippen MR) is 87.7 cm³/mol. The average molecular weight is 424 g/mol. The first-order valence-corrected chi connectivity index (χ1v) is 12.6. The second-order valence-electron chi connectivity index (χ2n) is 4.90. The standard InChI is InChI=1S/C10H10F6N4P4/c11-21(9-5-1-2-6-9)17-23(13,14)19-22(12,10-7-3-4-8-10)20-24(15,16)18-21/h1-5,7H,6,8H2. The molecule has 0 spiro atoms. The van der Waals surface area contributed by atoms with Gasteiger partial charge in [0.15, 0.2) is 0 Å². The van der Waals surface area contributed by atoms with Crippen LogP contribution in [-0.2, 0) is 0 Å². The maximum Gasteiger partial charge on any atom is 0.421 e. The van der Waals surface area contributed by atoms with E-state index < -0.39 is 30.7 Å². The van der Waals surface area contributed by atoms with Gasteiger partial charge in [-0.25, -0.2) is 0 Å². The minimum Gasteiger partial charge on any atom is -0.178 e. The van der Waals surface area contributed by atoms with Crippen LogP contribution in [0.15, 0.2) is 65.1 Å². The lowest BCUT2D eigenvalue weighted by Crippen LogP contribution is -1.81. The van der Waals surface area contributed by atoms with E-state index >= 15 is 0 Å². The van der Waals surface area contributed by atoms with E-state index in [1.165, 1.54) is 24.3 Å². The third-order valence-corrected chi connectivity index (χ3v) is 12.5. The molecule has 0 bridgehead atoms. The number of allylic oxidation sites excluding steroid dienone is 8. The fourth-order valence-electron chi connectivity index (χ4n) is 2.17. The number of hydrogen-bond acceptors (Lipinski definition) is 4. The van der Waals surface area contributed by atoms with E-state index in [4.69, 9.17) is 0 Å². The van der Waals surface area contributed by atoms with E-state index in [1.807, 2.05) is 0 Å². The van der Waals surface area contributed by atoms with Gasteiger partial charge in [-0.3, -0.25) is 0 Å². The van der Waals surface area contributed by atoms with Gasteiger partial charge in [0.25, 0.3) is 15.0 Å². The Kier molecular flexibility index (Phi) is 4.58. The van der Waals surface area contributed by atoms with E-state index in [0.29, 0.717) is 0 Å². The van der Waals surface area contributed by atoms with Crippen LogP contribution in [0.2, 0.25) is 0 Å². The fourth-order valence-corrected chi connectivity index (χ4v) is 11.7. The van der Waals surface area contributed by atoms with Crippen molar-refractivity contribution in [1.29, 1.82) is 0 Å². The Morgan fingerprint density at radius 3 is 1.29 bits per heavy atom. The van der Waals surface area contributed by atoms with Gasteiger partial charge in [-0.2, -0.15) is 26.5 Å². The van der Waals surface area contributed by atoms with E-state index in [2.05, 4.69) is 18.1 Å². The summed E-state index contributed by atoms with van der Waals surface area (Å²) >= 11 is 0. The zero-order valence-electron chi connectivity index (χ0n) is 11.7. The predicted octanol–water partition coefficient (Wildman–Crippen LogP) is 9.46. The highest BCUT2D eigenvalue weighted by molar-refractivity contribution is 7.82. The lowest BCUT2D eigenvalue weighted by Gasteiger charge is -2.19. The Labute approximate surface area is 134 Å². The maximum atomic E-state index is 14.8. The van der Waals surface area contributed by atoms with Crippen molar-refractivity contribution in [1.82, 2.24) is 0 Å². The third-order valence-electron chi connectivity index (χ3n) is 3.14. The molecule has 2 atom stereocenters. The number of nitrogens with zero attached hydrogens (tertiary/aromatic N) is 4. The summed E-state index contributed by atoms with van der Waals surface area (Å²) in [5, 5.41) is -0.725. The number of hydrogen-bond donors (Lipinski definition) is 0. The first kappa shape index (κ1) is 18.3. The molecular formula is C10H10F6N4P4. The molecule has 1 aliphatic heterocycles. The lowest BCUT2D eigenvalue weighted by molar-refractivity contribution is 0.716. The molecule has 14 heteroatoms. The van der Waals surface area contributed by atoms with Gasteiger partial charge in [0.05, 0.1) is 0 Å². The zero-order chi connectivity index (χ0) is 17.6. The Hall–Kier alpha value is -0.540. The second-order valence-corrected chi connectivity index (χ2v) is 12.8. The fraction of sp³-hybridized carbons (Fsp3) is 0.200. The normalized spacial score (nSPS) is 36.4. The summed E-state index contributed by atoms with van der Waals surface area (Å²) in [6.07, 6.45) is 7.36. The van der Waals surface area contributed by atoms with Crippen LogP contribution in [0.4, 0.5) is 25.2 Å². The summed E-state index contributed by atoms with van der Waals surface area (Å²) in [6.45, 7) is 0. The quantitative estimate of drug-likeness (QED) is 0.313. The molecule has 0 radical (unpaired) electrons. The van der Waals surface area contributed by atoms with Crippen LogP contribution in [-0.4, -0.2) is 0 Å². The minimum atomic E-state index is -5.85. The van der Waals surface area contributed by atoms with E-state index in [1.54, 1.807) is 0 Å². The summed E-state index contributed by atoms with van der Waals surface area (Å²) < 4.78 is 96.7. The second kappa shape index (κ2) is 6.02. The highest BCUT2D eigenvalue weighted by atomic mass is 31.3. The molecule has 0 aromatic rings. The van der Waals surface area contributed by atoms with Crippen LogP contribution in [0.3, 0.4) is 0 Å². The van der Waals surface area contributed by atoms with Crippen molar-refractivity contribution in [3.05, 3.63) is 47.1 Å². The molecule has 0 aromatic heterocycles. The zero-order valence-corrected chi connectivity index (χ0v) is 15.3. The van der Waals surface area contributed by atoms with Crippen LogP contribution < -0.4 is 0 Å². The Bertz CT molecular complexity index is 855. The number of rotatable bonds is 2. The van der Waals surface area contributed by atoms with Crippen molar-refractivity contribution in [2.75, 3.05) is 0 Å². The molecule has 0 N–H and O–H groups in total. The maximum absolute atomic E-state index is 14.8. The van der Waals surface area contributed by atoms with Gasteiger partial charge >= 0.3 is 15.7 Å². The number of halogens is 6. The molecule has 0 saturated heterocycles. The first-order valence-electron chi connectivity index (χ1n) is 6.50. The summed E-state index contributed by atoms with van der Waals surface area (Å²) in [5.74, 6) is 0. The monoisotopic (exact) mass is 424 g/mol. The SMILES string of the molecule is FP1(F)=NP(F)(C2=CC=CC2)=NP(F)(F)=NP(F)(C2=CC=CC2)=N1. The summed E-state index contributed by atoms with van der Waals surface area (Å²) in [6, 6.07) is 0. The Morgan fingerprint density at radius 2 is 1.00 bits per heavy atom. The van der Waals surface area contributed by atoms with Gasteiger partial charge in [0.1, 0.15) is 0 Å². The van der Waals surface area contributed by atoms with Gasteiger partial charge in [0, 0.05) is 10.6 Å². The molecule has 2 unspecified atom stereocenters. The largest absolute Gasteiger partial charge is 0.421 e. The van der Waals surface area contributed by atoms with Crippen molar-refractivity contribution in [3.63, 3.8) is 0 Å². The highest BCUT2D eigenvalue weighted by Gasteiger charge is 2.41. The molecule has 132 valence electrons. The third kappa shape index (κ3) is 3.67. The Morgan fingerprint density at radius 1 is 0.625 bits per heavy atom. The molecule has 0 saturated carbocycles. The molecule has 0 amide bonds. The molecular weight excluding hydrogens is 414 g/mol. The van der Waals surface area contributed by atoms with E-state index in [9.17, 15) is 25.2 Å². The molecule has 0 aromatic carbocycles. The molecule has 24 heavy (non-hydrogen) atoms. The van der Waals surface area contributed by atoms with Crippen molar-refractivity contribution >= 4 is 30.7 Å². The van der Waals surface area contributed by atoms with Gasteiger partial charge in [-0.05, 0) is 12.8 Å². The molecule has 3 rings (SSSR count). The summed E-state index contributed by atoms with van der Waals surface area (Å²) in [7, 11) is -21.8. The van der Waals surface area contributed by atoms with Crippen LogP contribution >= 0.6 is 30.7 Å². The van der Waals surface area contributed by atoms with Gasteiger partial charge in [-0.1, -0.05) is 36.5 Å². The van der Waals surface area contributed by atoms with Crippen LogP contribution in [0, 0.1) is 0 Å². The van der Waals surface area contributed by atoms with Crippen LogP contribution in [0.5, 0.6) is 0 Å². The first-order chi connectivity index (χ1) is 11.0. The minimum absolute atomic E-state index is 0.151. The lowest BCUT2D eigenvalue weighted by atomic mass is 10.5. The van der Waals surface area contributed by atoms with Gasteiger partial charge < -0.3 is 0 Å². The van der Waals surface area contributed by atoms with E-state index in [-0.39, 0.29) is 23.5 Å². The van der Waals surface area contributed by atoms with Crippen molar-refractivity contribution < 1.29 is 25.2 Å². The molecule has 3 aliphatic rings. The smallest absolute Gasteiger partial charge is 0.178 e. The topological polar surface area (TPSA) is 49.4 Å². The van der Waals surface area contributed by atoms with E-state index in [0.717, 1.165) is 12.2 Å². The summed E-state index contributed by atoms with van der Waals surface area (Å²) in [4.78, 5) is 0. The van der Waals surface area contributed by atoms with Crippen LogP contribution in [0.25, 0.3) is 0 Å². The van der Waals surface area contributed by atoms with Crippen molar-refractivity contribution in [2.24, 2.45) is 18.1 Å². The van der Waals surface area contributed by atoms with Gasteiger partial charge in [-0.15, -0.1) is 16.8 Å². The highest BCUT2D eigenvalue weighted by Crippen LogP contribution is 2.85. The van der Waals surface area contributed by atoms with Gasteiger partial charge in [0.2, 0.25) is 0 Å². The molecule has 0 fully saturated rings.